The van der Waals surface area contributed by atoms with Crippen LogP contribution in [0.2, 0.25) is 0 Å². The smallest absolute Gasteiger partial charge is 0.175 e. The number of phenols is 1. The van der Waals surface area contributed by atoms with E-state index < -0.39 is 0 Å². The van der Waals surface area contributed by atoms with Crippen molar-refractivity contribution in [1.29, 1.82) is 0 Å². The summed E-state index contributed by atoms with van der Waals surface area (Å²) in [7, 11) is 1.58. The molecule has 0 saturated heterocycles. The summed E-state index contributed by atoms with van der Waals surface area (Å²) in [4.78, 5) is 14.3. The van der Waals surface area contributed by atoms with Crippen molar-refractivity contribution in [2.24, 2.45) is 0 Å². The van der Waals surface area contributed by atoms with Crippen molar-refractivity contribution in [3.63, 3.8) is 0 Å². The lowest BCUT2D eigenvalue weighted by Gasteiger charge is -2.09. The van der Waals surface area contributed by atoms with Crippen molar-refractivity contribution in [2.45, 2.75) is 20.4 Å². The second kappa shape index (κ2) is 5.69. The molecule has 0 atom stereocenters. The molecule has 0 bridgehead atoms. The van der Waals surface area contributed by atoms with E-state index in [4.69, 9.17) is 4.74 Å². The number of ether oxygens (including phenoxy) is 1. The van der Waals surface area contributed by atoms with Crippen LogP contribution in [0.5, 0.6) is 11.5 Å². The molecule has 0 radical (unpaired) electrons. The van der Waals surface area contributed by atoms with Crippen LogP contribution in [0.4, 0.5) is 5.82 Å². The number of aromatic nitrogens is 1. The molecular formula is C15H18N2O3. The summed E-state index contributed by atoms with van der Waals surface area (Å²) in [6, 6.07) is 6.87. The van der Waals surface area contributed by atoms with Crippen LogP contribution in [0.25, 0.3) is 0 Å². The monoisotopic (exact) mass is 274 g/mol. The van der Waals surface area contributed by atoms with Crippen LogP contribution in [0.3, 0.4) is 0 Å². The highest BCUT2D eigenvalue weighted by atomic mass is 16.5. The summed E-state index contributed by atoms with van der Waals surface area (Å²) in [5, 5.41) is 13.0. The number of carbonyl (C=O) groups is 1. The third-order valence-electron chi connectivity index (χ3n) is 3.14. The molecule has 0 aliphatic carbocycles. The molecule has 5 nitrogen and oxygen atoms in total. The van der Waals surface area contributed by atoms with E-state index in [1.54, 1.807) is 31.4 Å². The summed E-state index contributed by atoms with van der Waals surface area (Å²) >= 11 is 0. The van der Waals surface area contributed by atoms with Crippen molar-refractivity contribution in [1.82, 2.24) is 4.98 Å². The number of phenolic OH excluding ortho intramolecular Hbond substituents is 1. The van der Waals surface area contributed by atoms with Gasteiger partial charge in [-0.05, 0) is 36.8 Å². The number of H-pyrrole nitrogens is 1. The highest BCUT2D eigenvalue weighted by molar-refractivity contribution is 5.93. The highest BCUT2D eigenvalue weighted by Crippen LogP contribution is 2.24. The zero-order chi connectivity index (χ0) is 14.7. The van der Waals surface area contributed by atoms with Gasteiger partial charge in [-0.1, -0.05) is 0 Å². The van der Waals surface area contributed by atoms with E-state index in [9.17, 15) is 9.90 Å². The van der Waals surface area contributed by atoms with E-state index in [2.05, 4.69) is 10.3 Å². The van der Waals surface area contributed by atoms with E-state index >= 15 is 0 Å². The van der Waals surface area contributed by atoms with Crippen LogP contribution in [-0.2, 0) is 6.54 Å². The van der Waals surface area contributed by atoms with Crippen LogP contribution < -0.4 is 10.1 Å². The van der Waals surface area contributed by atoms with Gasteiger partial charge in [-0.25, -0.2) is 0 Å². The molecule has 0 amide bonds. The molecule has 0 saturated carbocycles. The maximum absolute atomic E-state index is 11.3. The van der Waals surface area contributed by atoms with Gasteiger partial charge in [0.05, 0.1) is 12.8 Å². The topological polar surface area (TPSA) is 74.3 Å². The van der Waals surface area contributed by atoms with E-state index in [-0.39, 0.29) is 11.5 Å². The highest BCUT2D eigenvalue weighted by Gasteiger charge is 2.09. The van der Waals surface area contributed by atoms with E-state index in [1.807, 2.05) is 6.92 Å². The average Bonchev–Trinajstić information content (AvgIpc) is 2.79. The fourth-order valence-corrected chi connectivity index (χ4v) is 1.95. The van der Waals surface area contributed by atoms with Gasteiger partial charge in [-0.15, -0.1) is 0 Å². The Balaban J connectivity index is 2.14. The Bertz CT molecular complexity index is 632. The normalized spacial score (nSPS) is 10.3. The van der Waals surface area contributed by atoms with Gasteiger partial charge in [-0.2, -0.15) is 0 Å². The molecule has 2 aromatic rings. The van der Waals surface area contributed by atoms with Gasteiger partial charge in [0.15, 0.2) is 5.78 Å². The fraction of sp³-hybridized carbons (Fsp3) is 0.267. The Hall–Kier alpha value is -2.43. The molecule has 0 aliphatic rings. The van der Waals surface area contributed by atoms with Gasteiger partial charge in [0.2, 0.25) is 0 Å². The number of hydrogen-bond donors (Lipinski definition) is 3. The molecule has 1 aromatic carbocycles. The average molecular weight is 274 g/mol. The summed E-state index contributed by atoms with van der Waals surface area (Å²) in [5.74, 6) is 1.66. The third-order valence-corrected chi connectivity index (χ3v) is 3.14. The predicted octanol–water partition coefficient (Wildman–Crippen LogP) is 2.85. The third kappa shape index (κ3) is 2.93. The van der Waals surface area contributed by atoms with Gasteiger partial charge in [0.1, 0.15) is 17.3 Å². The van der Waals surface area contributed by atoms with Crippen LogP contribution in [0, 0.1) is 6.92 Å². The fourth-order valence-electron chi connectivity index (χ4n) is 1.95. The molecule has 20 heavy (non-hydrogen) atoms. The van der Waals surface area contributed by atoms with Crippen LogP contribution >= 0.6 is 0 Å². The lowest BCUT2D eigenvalue weighted by molar-refractivity contribution is 0.101. The molecule has 0 unspecified atom stereocenters. The molecule has 3 N–H and O–H groups in total. The quantitative estimate of drug-likeness (QED) is 0.733. The lowest BCUT2D eigenvalue weighted by atomic mass is 10.2. The maximum atomic E-state index is 11.3. The number of benzene rings is 1. The second-order valence-electron chi connectivity index (χ2n) is 4.65. The number of aromatic amines is 1. The molecule has 106 valence electrons. The number of rotatable bonds is 5. The van der Waals surface area contributed by atoms with Crippen LogP contribution in [0.1, 0.15) is 28.5 Å². The van der Waals surface area contributed by atoms with Crippen molar-refractivity contribution in [3.05, 3.63) is 41.1 Å². The zero-order valence-corrected chi connectivity index (χ0v) is 11.8. The van der Waals surface area contributed by atoms with Crippen molar-refractivity contribution in [2.75, 3.05) is 12.4 Å². The Labute approximate surface area is 117 Å². The standard InChI is InChI=1S/C15H18N2O3/c1-9-6-13(10(2)18)17-15(9)16-8-11-7-12(20-3)4-5-14(11)19/h4-7,16-17,19H,8H2,1-3H3. The first kappa shape index (κ1) is 14.0. The molecular weight excluding hydrogens is 256 g/mol. The van der Waals surface area contributed by atoms with Crippen LogP contribution in [0.15, 0.2) is 24.3 Å². The first-order chi connectivity index (χ1) is 9.51. The minimum Gasteiger partial charge on any atom is -0.508 e. The van der Waals surface area contributed by atoms with Gasteiger partial charge >= 0.3 is 0 Å². The SMILES string of the molecule is COc1ccc(O)c(CNc2[nH]c(C(C)=O)cc2C)c1. The Morgan fingerprint density at radius 2 is 2.15 bits per heavy atom. The summed E-state index contributed by atoms with van der Waals surface area (Å²) in [6.07, 6.45) is 0. The number of ketones is 1. The van der Waals surface area contributed by atoms with Crippen molar-refractivity contribution < 1.29 is 14.6 Å². The molecule has 1 heterocycles. The minimum atomic E-state index is -0.00891. The first-order valence-corrected chi connectivity index (χ1v) is 6.31. The Kier molecular flexibility index (Phi) is 3.98. The number of carbonyl (C=O) groups excluding carboxylic acids is 1. The first-order valence-electron chi connectivity index (χ1n) is 6.31. The largest absolute Gasteiger partial charge is 0.508 e. The number of Topliss-reactive ketones (excluding diaryl/α,β-unsaturated/α-hetero) is 1. The van der Waals surface area contributed by atoms with Crippen LogP contribution in [-0.4, -0.2) is 23.0 Å². The number of methoxy groups -OCH3 is 1. The summed E-state index contributed by atoms with van der Waals surface area (Å²) < 4.78 is 5.13. The molecule has 0 fully saturated rings. The van der Waals surface area contributed by atoms with Gasteiger partial charge in [0.25, 0.3) is 0 Å². The zero-order valence-electron chi connectivity index (χ0n) is 11.8. The number of nitrogens with one attached hydrogen (secondary N) is 2. The van der Waals surface area contributed by atoms with Crippen molar-refractivity contribution >= 4 is 11.6 Å². The maximum Gasteiger partial charge on any atom is 0.175 e. The van der Waals surface area contributed by atoms with Gasteiger partial charge in [-0.3, -0.25) is 4.79 Å². The van der Waals surface area contributed by atoms with E-state index in [1.165, 1.54) is 6.92 Å². The molecule has 2 rings (SSSR count). The number of aromatic hydroxyl groups is 1. The predicted molar refractivity (Wildman–Crippen MR) is 77.5 cm³/mol. The van der Waals surface area contributed by atoms with E-state index in [0.717, 1.165) is 16.9 Å². The summed E-state index contributed by atoms with van der Waals surface area (Å²) in [5.41, 5.74) is 2.25. The Morgan fingerprint density at radius 3 is 2.75 bits per heavy atom. The lowest BCUT2D eigenvalue weighted by Crippen LogP contribution is -2.02. The Morgan fingerprint density at radius 1 is 1.40 bits per heavy atom. The summed E-state index contributed by atoms with van der Waals surface area (Å²) in [6.45, 7) is 3.86. The second-order valence-corrected chi connectivity index (χ2v) is 4.65. The van der Waals surface area contributed by atoms with Crippen molar-refractivity contribution in [3.8, 4) is 11.5 Å². The number of anilines is 1. The van der Waals surface area contributed by atoms with Gasteiger partial charge < -0.3 is 20.1 Å². The molecule has 5 heteroatoms. The van der Waals surface area contributed by atoms with E-state index in [0.29, 0.717) is 18.0 Å². The minimum absolute atomic E-state index is 0.00891. The number of aryl methyl sites for hydroxylation is 1. The molecule has 0 aliphatic heterocycles. The number of hydrogen-bond acceptors (Lipinski definition) is 4. The molecule has 1 aromatic heterocycles. The van der Waals surface area contributed by atoms with Gasteiger partial charge in [0, 0.05) is 19.0 Å². The molecule has 0 spiro atoms.